The third-order valence-electron chi connectivity index (χ3n) is 2.65. The van der Waals surface area contributed by atoms with Crippen LogP contribution in [0.5, 0.6) is 11.5 Å². The lowest BCUT2D eigenvalue weighted by Gasteiger charge is -2.12. The van der Waals surface area contributed by atoms with Crippen molar-refractivity contribution >= 4 is 6.29 Å². The van der Waals surface area contributed by atoms with Gasteiger partial charge in [-0.05, 0) is 12.1 Å². The van der Waals surface area contributed by atoms with E-state index in [1.807, 2.05) is 12.1 Å². The average Bonchev–Trinajstić information content (AvgIpc) is 2.46. The summed E-state index contributed by atoms with van der Waals surface area (Å²) in [7, 11) is 3.10. The van der Waals surface area contributed by atoms with Crippen LogP contribution < -0.4 is 9.47 Å². The Hall–Kier alpha value is -2.36. The van der Waals surface area contributed by atoms with E-state index < -0.39 is 0 Å². The van der Waals surface area contributed by atoms with Crippen LogP contribution in [0.2, 0.25) is 0 Å². The second-order valence-electron chi connectivity index (χ2n) is 3.65. The van der Waals surface area contributed by atoms with Crippen molar-refractivity contribution in [1.82, 2.24) is 4.98 Å². The molecular weight excluding hydrogens is 230 g/mol. The number of methoxy groups -OCH3 is 2. The zero-order chi connectivity index (χ0) is 13.0. The molecule has 0 aliphatic carbocycles. The quantitative estimate of drug-likeness (QED) is 0.774. The van der Waals surface area contributed by atoms with E-state index >= 15 is 0 Å². The topological polar surface area (TPSA) is 48.4 Å². The highest BCUT2D eigenvalue weighted by atomic mass is 16.5. The third-order valence-corrected chi connectivity index (χ3v) is 2.65. The lowest BCUT2D eigenvalue weighted by atomic mass is 10.0. The average molecular weight is 243 g/mol. The number of aldehydes is 1. The van der Waals surface area contributed by atoms with Gasteiger partial charge in [0.2, 0.25) is 0 Å². The van der Waals surface area contributed by atoms with E-state index in [0.717, 1.165) is 17.4 Å². The minimum absolute atomic E-state index is 0.483. The number of ether oxygens (including phenoxy) is 2. The summed E-state index contributed by atoms with van der Waals surface area (Å²) >= 11 is 0. The number of hydrogen-bond donors (Lipinski definition) is 0. The minimum atomic E-state index is 0.483. The molecule has 0 aliphatic heterocycles. The summed E-state index contributed by atoms with van der Waals surface area (Å²) in [5.41, 5.74) is 2.19. The van der Waals surface area contributed by atoms with Gasteiger partial charge in [-0.1, -0.05) is 6.07 Å². The van der Waals surface area contributed by atoms with Gasteiger partial charge in [-0.25, -0.2) is 0 Å². The fourth-order valence-corrected chi connectivity index (χ4v) is 1.76. The van der Waals surface area contributed by atoms with Crippen molar-refractivity contribution in [2.24, 2.45) is 0 Å². The van der Waals surface area contributed by atoms with Gasteiger partial charge in [0, 0.05) is 29.6 Å². The predicted molar refractivity (Wildman–Crippen MR) is 68.2 cm³/mol. The molecule has 0 saturated carbocycles. The monoisotopic (exact) mass is 243 g/mol. The maximum atomic E-state index is 11.0. The van der Waals surface area contributed by atoms with E-state index in [2.05, 4.69) is 4.98 Å². The van der Waals surface area contributed by atoms with E-state index in [-0.39, 0.29) is 0 Å². The Bertz CT molecular complexity index is 552. The summed E-state index contributed by atoms with van der Waals surface area (Å²) in [5.74, 6) is 1.14. The van der Waals surface area contributed by atoms with E-state index in [1.165, 1.54) is 7.11 Å². The number of aromatic nitrogens is 1. The Balaban J connectivity index is 2.63. The standard InChI is InChI=1S/C14H13NO3/c1-17-13-7-14(18-2)12(6-11(13)9-16)10-4-3-5-15-8-10/h3-9H,1-2H3. The van der Waals surface area contributed by atoms with Gasteiger partial charge in [0.05, 0.1) is 19.8 Å². The second-order valence-corrected chi connectivity index (χ2v) is 3.65. The van der Waals surface area contributed by atoms with Crippen molar-refractivity contribution in [1.29, 1.82) is 0 Å². The molecule has 1 aromatic heterocycles. The van der Waals surface area contributed by atoms with Gasteiger partial charge in [0.1, 0.15) is 11.5 Å². The third kappa shape index (κ3) is 2.18. The summed E-state index contributed by atoms with van der Waals surface area (Å²) in [6, 6.07) is 7.18. The highest BCUT2D eigenvalue weighted by Crippen LogP contribution is 2.35. The van der Waals surface area contributed by atoms with Crippen LogP contribution in [0.3, 0.4) is 0 Å². The molecule has 1 heterocycles. The molecule has 0 fully saturated rings. The van der Waals surface area contributed by atoms with Gasteiger partial charge in [-0.3, -0.25) is 9.78 Å². The molecular formula is C14H13NO3. The van der Waals surface area contributed by atoms with Crippen LogP contribution in [-0.4, -0.2) is 25.5 Å². The molecule has 2 aromatic rings. The lowest BCUT2D eigenvalue weighted by molar-refractivity contribution is 0.112. The number of carbonyl (C=O) groups excluding carboxylic acids is 1. The highest BCUT2D eigenvalue weighted by Gasteiger charge is 2.12. The largest absolute Gasteiger partial charge is 0.496 e. The zero-order valence-corrected chi connectivity index (χ0v) is 10.2. The molecule has 0 N–H and O–H groups in total. The molecule has 0 unspecified atom stereocenters. The smallest absolute Gasteiger partial charge is 0.153 e. The van der Waals surface area contributed by atoms with Crippen molar-refractivity contribution in [3.05, 3.63) is 42.2 Å². The Morgan fingerprint density at radius 3 is 2.50 bits per heavy atom. The van der Waals surface area contributed by atoms with Crippen LogP contribution in [0.15, 0.2) is 36.7 Å². The van der Waals surface area contributed by atoms with Crippen LogP contribution in [0.1, 0.15) is 10.4 Å². The second kappa shape index (κ2) is 5.31. The van der Waals surface area contributed by atoms with Crippen LogP contribution in [0.4, 0.5) is 0 Å². The zero-order valence-electron chi connectivity index (χ0n) is 10.2. The van der Waals surface area contributed by atoms with Gasteiger partial charge in [-0.2, -0.15) is 0 Å². The maximum Gasteiger partial charge on any atom is 0.153 e. The van der Waals surface area contributed by atoms with Gasteiger partial charge in [0.15, 0.2) is 6.29 Å². The number of benzene rings is 1. The molecule has 0 saturated heterocycles. The predicted octanol–water partition coefficient (Wildman–Crippen LogP) is 2.58. The molecule has 0 radical (unpaired) electrons. The molecule has 0 bridgehead atoms. The van der Waals surface area contributed by atoms with Crippen molar-refractivity contribution < 1.29 is 14.3 Å². The molecule has 92 valence electrons. The Kier molecular flexibility index (Phi) is 3.57. The molecule has 0 amide bonds. The first-order valence-corrected chi connectivity index (χ1v) is 5.41. The normalized spacial score (nSPS) is 9.89. The Morgan fingerprint density at radius 1 is 1.17 bits per heavy atom. The van der Waals surface area contributed by atoms with Gasteiger partial charge >= 0.3 is 0 Å². The van der Waals surface area contributed by atoms with Crippen LogP contribution in [-0.2, 0) is 0 Å². The molecule has 4 heteroatoms. The first-order valence-electron chi connectivity index (χ1n) is 5.41. The summed E-state index contributed by atoms with van der Waals surface area (Å²) in [4.78, 5) is 15.1. The van der Waals surface area contributed by atoms with Crippen molar-refractivity contribution in [3.8, 4) is 22.6 Å². The number of hydrogen-bond acceptors (Lipinski definition) is 4. The molecule has 0 aliphatic rings. The summed E-state index contributed by atoms with van der Waals surface area (Å²) in [6.45, 7) is 0. The molecule has 0 atom stereocenters. The number of rotatable bonds is 4. The Morgan fingerprint density at radius 2 is 1.94 bits per heavy atom. The summed E-state index contributed by atoms with van der Waals surface area (Å²) in [6.07, 6.45) is 4.18. The van der Waals surface area contributed by atoms with Crippen LogP contribution in [0, 0.1) is 0 Å². The fourth-order valence-electron chi connectivity index (χ4n) is 1.76. The van der Waals surface area contributed by atoms with Crippen LogP contribution in [0.25, 0.3) is 11.1 Å². The number of carbonyl (C=O) groups is 1. The number of nitrogens with zero attached hydrogens (tertiary/aromatic N) is 1. The highest BCUT2D eigenvalue weighted by molar-refractivity contribution is 5.85. The molecule has 1 aromatic carbocycles. The van der Waals surface area contributed by atoms with Gasteiger partial charge in [-0.15, -0.1) is 0 Å². The SMILES string of the molecule is COc1cc(OC)c(-c2cccnc2)cc1C=O. The minimum Gasteiger partial charge on any atom is -0.496 e. The maximum absolute atomic E-state index is 11.0. The van der Waals surface area contributed by atoms with E-state index in [0.29, 0.717) is 17.1 Å². The van der Waals surface area contributed by atoms with Crippen LogP contribution >= 0.6 is 0 Å². The Labute approximate surface area is 105 Å². The molecule has 18 heavy (non-hydrogen) atoms. The first-order chi connectivity index (χ1) is 8.80. The van der Waals surface area contributed by atoms with Crippen molar-refractivity contribution in [3.63, 3.8) is 0 Å². The molecule has 2 rings (SSSR count). The molecule has 0 spiro atoms. The summed E-state index contributed by atoms with van der Waals surface area (Å²) in [5, 5.41) is 0. The lowest BCUT2D eigenvalue weighted by Crippen LogP contribution is -1.95. The van der Waals surface area contributed by atoms with E-state index in [1.54, 1.807) is 31.6 Å². The number of pyridine rings is 1. The van der Waals surface area contributed by atoms with Gasteiger partial charge < -0.3 is 9.47 Å². The molecule has 4 nitrogen and oxygen atoms in total. The van der Waals surface area contributed by atoms with Crippen molar-refractivity contribution in [2.45, 2.75) is 0 Å². The van der Waals surface area contributed by atoms with E-state index in [4.69, 9.17) is 9.47 Å². The van der Waals surface area contributed by atoms with Crippen molar-refractivity contribution in [2.75, 3.05) is 14.2 Å². The van der Waals surface area contributed by atoms with Gasteiger partial charge in [0.25, 0.3) is 0 Å². The fraction of sp³-hybridized carbons (Fsp3) is 0.143. The van der Waals surface area contributed by atoms with E-state index in [9.17, 15) is 4.79 Å². The first kappa shape index (κ1) is 12.1. The summed E-state index contributed by atoms with van der Waals surface area (Å²) < 4.78 is 10.5.